The largest absolute Gasteiger partial charge is 0.493 e. The molecule has 0 atom stereocenters. The van der Waals surface area contributed by atoms with Gasteiger partial charge in [0, 0.05) is 0 Å². The van der Waals surface area contributed by atoms with Crippen molar-refractivity contribution in [3.63, 3.8) is 0 Å². The molecule has 0 unspecified atom stereocenters. The average molecular weight is 352 g/mol. The number of carbonyl (C=O) groups excluding carboxylic acids is 1. The van der Waals surface area contributed by atoms with Gasteiger partial charge in [-0.1, -0.05) is 24.1 Å². The molecule has 0 spiro atoms. The molecule has 5 nitrogen and oxygen atoms in total. The van der Waals surface area contributed by atoms with Crippen LogP contribution < -0.4 is 18.9 Å². The van der Waals surface area contributed by atoms with Gasteiger partial charge in [0.05, 0.1) is 26.9 Å². The molecule has 0 heterocycles. The first-order valence-corrected chi connectivity index (χ1v) is 7.82. The van der Waals surface area contributed by atoms with Crippen LogP contribution in [0, 0.1) is 12.3 Å². The standard InChI is InChI=1S/C21H20O5/c1-5-14-26-16-9-6-15(7-10-16)8-12-18(22)17-11-13-19(23-2)21(25-4)20(17)24-3/h1,6-13H,14H2,2-4H3/b12-8+. The first-order valence-electron chi connectivity index (χ1n) is 7.82. The molecule has 26 heavy (non-hydrogen) atoms. The number of benzene rings is 2. The summed E-state index contributed by atoms with van der Waals surface area (Å²) >= 11 is 0. The topological polar surface area (TPSA) is 54.0 Å². The molecule has 0 aromatic heterocycles. The lowest BCUT2D eigenvalue weighted by Gasteiger charge is -2.14. The molecule has 2 aromatic carbocycles. The number of carbonyl (C=O) groups is 1. The van der Waals surface area contributed by atoms with Crippen LogP contribution in [-0.2, 0) is 0 Å². The molecule has 0 saturated heterocycles. The predicted molar refractivity (Wildman–Crippen MR) is 100 cm³/mol. The second-order valence-electron chi connectivity index (χ2n) is 5.14. The number of ether oxygens (including phenoxy) is 4. The summed E-state index contributed by atoms with van der Waals surface area (Å²) in [7, 11) is 4.50. The highest BCUT2D eigenvalue weighted by Crippen LogP contribution is 2.40. The maximum Gasteiger partial charge on any atom is 0.204 e. The Morgan fingerprint density at radius 2 is 1.69 bits per heavy atom. The van der Waals surface area contributed by atoms with Crippen LogP contribution in [0.1, 0.15) is 15.9 Å². The summed E-state index contributed by atoms with van der Waals surface area (Å²) < 4.78 is 21.2. The monoisotopic (exact) mass is 352 g/mol. The molecule has 5 heteroatoms. The van der Waals surface area contributed by atoms with Crippen LogP contribution in [0.15, 0.2) is 42.5 Å². The molecule has 2 aromatic rings. The molecule has 0 bridgehead atoms. The highest BCUT2D eigenvalue weighted by atomic mass is 16.5. The molecular formula is C21H20O5. The van der Waals surface area contributed by atoms with Gasteiger partial charge in [-0.15, -0.1) is 6.42 Å². The van der Waals surface area contributed by atoms with E-state index in [-0.39, 0.29) is 12.4 Å². The molecule has 0 fully saturated rings. The van der Waals surface area contributed by atoms with Crippen LogP contribution in [0.2, 0.25) is 0 Å². The Morgan fingerprint density at radius 1 is 1.00 bits per heavy atom. The average Bonchev–Trinajstić information content (AvgIpc) is 2.69. The van der Waals surface area contributed by atoms with Gasteiger partial charge in [-0.2, -0.15) is 0 Å². The number of terminal acetylenes is 1. The molecule has 0 saturated carbocycles. The van der Waals surface area contributed by atoms with E-state index in [0.717, 1.165) is 5.56 Å². The van der Waals surface area contributed by atoms with Gasteiger partial charge in [0.2, 0.25) is 5.75 Å². The van der Waals surface area contributed by atoms with Crippen molar-refractivity contribution in [1.29, 1.82) is 0 Å². The van der Waals surface area contributed by atoms with Crippen LogP contribution in [0.25, 0.3) is 6.08 Å². The van der Waals surface area contributed by atoms with E-state index in [1.54, 1.807) is 30.3 Å². The molecule has 0 aliphatic rings. The fraction of sp³-hybridized carbons (Fsp3) is 0.190. The fourth-order valence-corrected chi connectivity index (χ4v) is 2.36. The Hall–Kier alpha value is -3.39. The quantitative estimate of drug-likeness (QED) is 0.413. The molecule has 0 radical (unpaired) electrons. The van der Waals surface area contributed by atoms with E-state index in [1.807, 2.05) is 12.1 Å². The fourth-order valence-electron chi connectivity index (χ4n) is 2.36. The highest BCUT2D eigenvalue weighted by Gasteiger charge is 2.19. The second-order valence-corrected chi connectivity index (χ2v) is 5.14. The minimum atomic E-state index is -0.213. The number of hydrogen-bond acceptors (Lipinski definition) is 5. The van der Waals surface area contributed by atoms with Crippen molar-refractivity contribution in [1.82, 2.24) is 0 Å². The van der Waals surface area contributed by atoms with Crippen molar-refractivity contribution < 1.29 is 23.7 Å². The summed E-state index contributed by atoms with van der Waals surface area (Å²) in [6, 6.07) is 10.6. The van der Waals surface area contributed by atoms with Gasteiger partial charge < -0.3 is 18.9 Å². The normalized spacial score (nSPS) is 10.2. The second kappa shape index (κ2) is 9.19. The Balaban J connectivity index is 2.21. The maximum absolute atomic E-state index is 12.6. The summed E-state index contributed by atoms with van der Waals surface area (Å²) in [5, 5.41) is 0. The van der Waals surface area contributed by atoms with E-state index in [4.69, 9.17) is 25.4 Å². The van der Waals surface area contributed by atoms with Gasteiger partial charge in [0.15, 0.2) is 17.3 Å². The predicted octanol–water partition coefficient (Wildman–Crippen LogP) is 3.62. The van der Waals surface area contributed by atoms with Crippen molar-refractivity contribution >= 4 is 11.9 Å². The first kappa shape index (κ1) is 18.9. The van der Waals surface area contributed by atoms with Gasteiger partial charge >= 0.3 is 0 Å². The third-order valence-electron chi connectivity index (χ3n) is 3.60. The van der Waals surface area contributed by atoms with Crippen LogP contribution in [0.3, 0.4) is 0 Å². The number of methoxy groups -OCH3 is 3. The summed E-state index contributed by atoms with van der Waals surface area (Å²) in [5.74, 6) is 4.07. The third kappa shape index (κ3) is 4.37. The Morgan fingerprint density at radius 3 is 2.27 bits per heavy atom. The summed E-state index contributed by atoms with van der Waals surface area (Å²) in [5.41, 5.74) is 1.24. The van der Waals surface area contributed by atoms with E-state index in [2.05, 4.69) is 5.92 Å². The number of ketones is 1. The van der Waals surface area contributed by atoms with Crippen LogP contribution in [0.4, 0.5) is 0 Å². The zero-order chi connectivity index (χ0) is 18.9. The van der Waals surface area contributed by atoms with Gasteiger partial charge in [0.25, 0.3) is 0 Å². The molecule has 0 N–H and O–H groups in total. The van der Waals surface area contributed by atoms with Crippen molar-refractivity contribution in [3.8, 4) is 35.3 Å². The van der Waals surface area contributed by atoms with Gasteiger partial charge in [-0.25, -0.2) is 0 Å². The van der Waals surface area contributed by atoms with Crippen LogP contribution in [-0.4, -0.2) is 33.7 Å². The van der Waals surface area contributed by atoms with Gasteiger partial charge in [0.1, 0.15) is 12.4 Å². The maximum atomic E-state index is 12.6. The lowest BCUT2D eigenvalue weighted by molar-refractivity contribution is 0.104. The molecule has 2 rings (SSSR count). The number of allylic oxidation sites excluding steroid dienone is 1. The zero-order valence-corrected chi connectivity index (χ0v) is 14.9. The first-order chi connectivity index (χ1) is 12.6. The summed E-state index contributed by atoms with van der Waals surface area (Å²) in [6.45, 7) is 0.215. The lowest BCUT2D eigenvalue weighted by atomic mass is 10.1. The number of rotatable bonds is 8. The zero-order valence-electron chi connectivity index (χ0n) is 14.9. The van der Waals surface area contributed by atoms with Crippen molar-refractivity contribution in [2.24, 2.45) is 0 Å². The van der Waals surface area contributed by atoms with E-state index in [1.165, 1.54) is 27.4 Å². The third-order valence-corrected chi connectivity index (χ3v) is 3.60. The molecular weight excluding hydrogens is 332 g/mol. The minimum absolute atomic E-state index is 0.213. The minimum Gasteiger partial charge on any atom is -0.493 e. The molecule has 0 aliphatic heterocycles. The van der Waals surface area contributed by atoms with Crippen molar-refractivity contribution in [2.75, 3.05) is 27.9 Å². The van der Waals surface area contributed by atoms with Crippen molar-refractivity contribution in [3.05, 3.63) is 53.6 Å². The van der Waals surface area contributed by atoms with E-state index < -0.39 is 0 Å². The summed E-state index contributed by atoms with van der Waals surface area (Å²) in [4.78, 5) is 12.6. The molecule has 134 valence electrons. The Labute approximate surface area is 153 Å². The van der Waals surface area contributed by atoms with E-state index in [9.17, 15) is 4.79 Å². The van der Waals surface area contributed by atoms with E-state index in [0.29, 0.717) is 28.6 Å². The van der Waals surface area contributed by atoms with Crippen LogP contribution in [0.5, 0.6) is 23.0 Å². The smallest absolute Gasteiger partial charge is 0.204 e. The molecule has 0 amide bonds. The SMILES string of the molecule is C#CCOc1ccc(/C=C/C(=O)c2ccc(OC)c(OC)c2OC)cc1. The van der Waals surface area contributed by atoms with E-state index >= 15 is 0 Å². The Bertz CT molecular complexity index is 829. The molecule has 0 aliphatic carbocycles. The Kier molecular flexibility index (Phi) is 6.69. The van der Waals surface area contributed by atoms with Gasteiger partial charge in [-0.3, -0.25) is 4.79 Å². The van der Waals surface area contributed by atoms with Crippen molar-refractivity contribution in [2.45, 2.75) is 0 Å². The summed E-state index contributed by atoms with van der Waals surface area (Å²) in [6.07, 6.45) is 8.34. The van der Waals surface area contributed by atoms with Crippen LogP contribution >= 0.6 is 0 Å². The number of hydrogen-bond donors (Lipinski definition) is 0. The highest BCUT2D eigenvalue weighted by molar-refractivity contribution is 6.09. The lowest BCUT2D eigenvalue weighted by Crippen LogP contribution is -2.02. The van der Waals surface area contributed by atoms with Gasteiger partial charge in [-0.05, 0) is 35.9 Å².